The molecule has 1 atom stereocenters. The first-order valence-electron chi connectivity index (χ1n) is 9.03. The molecule has 4 rings (SSSR count). The molecular formula is C17H23N5O2S. The molecule has 25 heavy (non-hydrogen) atoms. The van der Waals surface area contributed by atoms with Crippen molar-refractivity contribution in [3.63, 3.8) is 0 Å². The minimum absolute atomic E-state index is 0.00669. The topological polar surface area (TPSA) is 79.6 Å². The highest BCUT2D eigenvalue weighted by atomic mass is 32.1. The highest BCUT2D eigenvalue weighted by molar-refractivity contribution is 7.20. The summed E-state index contributed by atoms with van der Waals surface area (Å²) in [6.07, 6.45) is 6.52. The molecule has 0 aromatic carbocycles. The van der Waals surface area contributed by atoms with Gasteiger partial charge >= 0.3 is 0 Å². The number of hydrogen-bond acceptors (Lipinski definition) is 6. The van der Waals surface area contributed by atoms with Gasteiger partial charge in [0.05, 0.1) is 5.92 Å². The van der Waals surface area contributed by atoms with Crippen LogP contribution in [0.25, 0.3) is 4.96 Å². The second kappa shape index (κ2) is 6.74. The maximum absolute atomic E-state index is 12.6. The summed E-state index contributed by atoms with van der Waals surface area (Å²) in [5.74, 6) is 0.164. The largest absolute Gasteiger partial charge is 0.353 e. The highest BCUT2D eigenvalue weighted by Crippen LogP contribution is 2.27. The lowest BCUT2D eigenvalue weighted by Crippen LogP contribution is -2.45. The van der Waals surface area contributed by atoms with E-state index in [4.69, 9.17) is 0 Å². The van der Waals surface area contributed by atoms with Gasteiger partial charge in [0.15, 0.2) is 0 Å². The van der Waals surface area contributed by atoms with E-state index < -0.39 is 0 Å². The summed E-state index contributed by atoms with van der Waals surface area (Å²) in [5.41, 5.74) is 0.546. The zero-order valence-electron chi connectivity index (χ0n) is 14.4. The zero-order valence-corrected chi connectivity index (χ0v) is 15.2. The summed E-state index contributed by atoms with van der Waals surface area (Å²) in [7, 11) is 0. The fourth-order valence-corrected chi connectivity index (χ4v) is 4.78. The lowest BCUT2D eigenvalue weighted by atomic mass is 9.97. The van der Waals surface area contributed by atoms with E-state index in [0.717, 1.165) is 37.4 Å². The van der Waals surface area contributed by atoms with Gasteiger partial charge in [-0.2, -0.15) is 4.52 Å². The molecule has 2 aromatic rings. The van der Waals surface area contributed by atoms with Crippen LogP contribution in [0.3, 0.4) is 0 Å². The van der Waals surface area contributed by atoms with Crippen LogP contribution >= 0.6 is 11.3 Å². The maximum atomic E-state index is 12.6. The minimum Gasteiger partial charge on any atom is -0.353 e. The Morgan fingerprint density at radius 2 is 2.08 bits per heavy atom. The number of carbonyl (C=O) groups is 1. The molecule has 0 bridgehead atoms. The summed E-state index contributed by atoms with van der Waals surface area (Å²) in [6, 6.07) is 1.85. The predicted octanol–water partition coefficient (Wildman–Crippen LogP) is 1.73. The van der Waals surface area contributed by atoms with E-state index >= 15 is 0 Å². The molecule has 1 amide bonds. The predicted molar refractivity (Wildman–Crippen MR) is 97.2 cm³/mol. The Bertz CT molecular complexity index is 839. The zero-order chi connectivity index (χ0) is 17.4. The number of aromatic nitrogens is 3. The maximum Gasteiger partial charge on any atom is 0.275 e. The molecule has 0 spiro atoms. The Kier molecular flexibility index (Phi) is 4.45. The minimum atomic E-state index is -0.155. The van der Waals surface area contributed by atoms with Crippen molar-refractivity contribution < 1.29 is 4.79 Å². The first-order chi connectivity index (χ1) is 12.1. The third-order valence-electron chi connectivity index (χ3n) is 5.13. The van der Waals surface area contributed by atoms with Gasteiger partial charge in [0.2, 0.25) is 16.0 Å². The number of rotatable bonds is 3. The van der Waals surface area contributed by atoms with E-state index in [1.165, 1.54) is 34.8 Å². The lowest BCUT2D eigenvalue weighted by Gasteiger charge is -2.32. The number of aryl methyl sites for hydroxylation is 1. The quantitative estimate of drug-likeness (QED) is 0.901. The number of amides is 1. The molecule has 2 aliphatic rings. The van der Waals surface area contributed by atoms with Gasteiger partial charge in [-0.25, -0.2) is 4.98 Å². The number of anilines is 1. The van der Waals surface area contributed by atoms with Crippen LogP contribution in [0.4, 0.5) is 5.13 Å². The molecule has 7 nitrogen and oxygen atoms in total. The number of nitrogens with one attached hydrogen (secondary N) is 1. The van der Waals surface area contributed by atoms with Gasteiger partial charge < -0.3 is 10.2 Å². The third kappa shape index (κ3) is 3.40. The van der Waals surface area contributed by atoms with Crippen LogP contribution in [0.15, 0.2) is 10.9 Å². The molecule has 1 N–H and O–H groups in total. The van der Waals surface area contributed by atoms with Crippen molar-refractivity contribution in [1.29, 1.82) is 0 Å². The average Bonchev–Trinajstić information content (AvgIpc) is 3.24. The van der Waals surface area contributed by atoms with Gasteiger partial charge in [-0.05, 0) is 32.6 Å². The van der Waals surface area contributed by atoms with Crippen LogP contribution in [-0.2, 0) is 4.79 Å². The van der Waals surface area contributed by atoms with Crippen LogP contribution < -0.4 is 15.8 Å². The number of carbonyl (C=O) groups excluding carboxylic acids is 1. The van der Waals surface area contributed by atoms with Crippen molar-refractivity contribution in [1.82, 2.24) is 19.9 Å². The number of fused-ring (bicyclic) bond motifs is 1. The molecule has 1 saturated carbocycles. The Balaban J connectivity index is 1.50. The SMILES string of the molecule is Cc1cc(=O)n2nc(N3CCC[C@@H](C(=O)NC4CCCC4)C3)sc2n1. The van der Waals surface area contributed by atoms with E-state index in [2.05, 4.69) is 20.3 Å². The highest BCUT2D eigenvalue weighted by Gasteiger charge is 2.29. The van der Waals surface area contributed by atoms with Gasteiger partial charge in [-0.15, -0.1) is 5.10 Å². The van der Waals surface area contributed by atoms with Gasteiger partial charge in [-0.1, -0.05) is 24.2 Å². The summed E-state index contributed by atoms with van der Waals surface area (Å²) < 4.78 is 1.36. The number of nitrogens with zero attached hydrogens (tertiary/aromatic N) is 4. The first-order valence-corrected chi connectivity index (χ1v) is 9.84. The Hall–Kier alpha value is -1.96. The van der Waals surface area contributed by atoms with Gasteiger partial charge in [0.25, 0.3) is 5.56 Å². The first kappa shape index (κ1) is 16.5. The Morgan fingerprint density at radius 3 is 2.88 bits per heavy atom. The fourth-order valence-electron chi connectivity index (χ4n) is 3.79. The van der Waals surface area contributed by atoms with Crippen LogP contribution in [-0.4, -0.2) is 39.6 Å². The van der Waals surface area contributed by atoms with Gasteiger partial charge in [-0.3, -0.25) is 9.59 Å². The Morgan fingerprint density at radius 1 is 1.28 bits per heavy atom. The van der Waals surface area contributed by atoms with Crippen molar-refractivity contribution >= 4 is 27.3 Å². The van der Waals surface area contributed by atoms with Crippen molar-refractivity contribution in [3.8, 4) is 0 Å². The molecule has 3 heterocycles. The molecule has 2 aromatic heterocycles. The van der Waals surface area contributed by atoms with Gasteiger partial charge in [0, 0.05) is 30.9 Å². The van der Waals surface area contributed by atoms with E-state index in [-0.39, 0.29) is 17.4 Å². The van der Waals surface area contributed by atoms with Crippen LogP contribution in [0, 0.1) is 12.8 Å². The molecular weight excluding hydrogens is 338 g/mol. The summed E-state index contributed by atoms with van der Waals surface area (Å²) >= 11 is 1.41. The third-order valence-corrected chi connectivity index (χ3v) is 6.10. The number of piperidine rings is 1. The number of hydrogen-bond donors (Lipinski definition) is 1. The molecule has 1 aliphatic heterocycles. The van der Waals surface area contributed by atoms with E-state index in [0.29, 0.717) is 23.2 Å². The van der Waals surface area contributed by atoms with E-state index in [9.17, 15) is 9.59 Å². The second-order valence-electron chi connectivity index (χ2n) is 7.09. The molecule has 2 fully saturated rings. The fraction of sp³-hybridized carbons (Fsp3) is 0.647. The van der Waals surface area contributed by atoms with Crippen LogP contribution in [0.2, 0.25) is 0 Å². The van der Waals surface area contributed by atoms with Crippen molar-refractivity contribution in [2.24, 2.45) is 5.92 Å². The summed E-state index contributed by atoms with van der Waals surface area (Å²) in [5, 5.41) is 8.41. The molecule has 134 valence electrons. The Labute approximate surface area is 150 Å². The monoisotopic (exact) mass is 361 g/mol. The summed E-state index contributed by atoms with van der Waals surface area (Å²) in [6.45, 7) is 3.33. The summed E-state index contributed by atoms with van der Waals surface area (Å²) in [4.78, 5) is 31.7. The lowest BCUT2D eigenvalue weighted by molar-refractivity contribution is -0.125. The molecule has 1 aliphatic carbocycles. The van der Waals surface area contributed by atoms with Gasteiger partial charge in [0.1, 0.15) is 0 Å². The molecule has 0 radical (unpaired) electrons. The molecule has 8 heteroatoms. The van der Waals surface area contributed by atoms with Crippen molar-refractivity contribution in [2.45, 2.75) is 51.5 Å². The smallest absolute Gasteiger partial charge is 0.275 e. The average molecular weight is 361 g/mol. The van der Waals surface area contributed by atoms with Crippen molar-refractivity contribution in [2.75, 3.05) is 18.0 Å². The standard InChI is InChI=1S/C17H23N5O2S/c1-11-9-14(23)22-16(18-11)25-17(20-22)21-8-4-5-12(10-21)15(24)19-13-6-2-3-7-13/h9,12-13H,2-8,10H2,1H3,(H,19,24)/t12-/m1/s1. The van der Waals surface area contributed by atoms with Crippen LogP contribution in [0.1, 0.15) is 44.2 Å². The van der Waals surface area contributed by atoms with E-state index in [1.54, 1.807) is 0 Å². The molecule has 0 unspecified atom stereocenters. The van der Waals surface area contributed by atoms with Crippen LogP contribution in [0.5, 0.6) is 0 Å². The second-order valence-corrected chi connectivity index (χ2v) is 8.02. The van der Waals surface area contributed by atoms with E-state index in [1.807, 2.05) is 6.92 Å². The normalized spacial score (nSPS) is 21.8. The van der Waals surface area contributed by atoms with Crippen molar-refractivity contribution in [3.05, 3.63) is 22.1 Å². The molecule has 1 saturated heterocycles.